The summed E-state index contributed by atoms with van der Waals surface area (Å²) >= 11 is 6.75. The fourth-order valence-corrected chi connectivity index (χ4v) is 3.80. The number of nitrogens with zero attached hydrogens (tertiary/aromatic N) is 3. The largest absolute Gasteiger partial charge is 0.260 e. The molecule has 0 amide bonds. The lowest BCUT2D eigenvalue weighted by Crippen LogP contribution is -1.92. The van der Waals surface area contributed by atoms with Crippen LogP contribution in [0.25, 0.3) is 11.9 Å². The Hall–Kier alpha value is -1.84. The number of fused-ring (bicyclic) bond motifs is 2. The molecule has 2 aliphatic rings. The second kappa shape index (κ2) is 9.20. The molecule has 6 heteroatoms. The van der Waals surface area contributed by atoms with E-state index in [9.17, 15) is 4.39 Å². The van der Waals surface area contributed by atoms with Crippen LogP contribution in [-0.2, 0) is 12.8 Å². The summed E-state index contributed by atoms with van der Waals surface area (Å²) in [5.41, 5.74) is 6.41. The number of pyridine rings is 2. The first-order valence-corrected chi connectivity index (χ1v) is 9.60. The van der Waals surface area contributed by atoms with Crippen LogP contribution in [0.4, 0.5) is 4.39 Å². The van der Waals surface area contributed by atoms with E-state index in [-0.39, 0.29) is 5.83 Å². The van der Waals surface area contributed by atoms with E-state index in [2.05, 4.69) is 60.9 Å². The molecule has 0 spiro atoms. The molecule has 4 rings (SSSR count). The van der Waals surface area contributed by atoms with E-state index < -0.39 is 0 Å². The summed E-state index contributed by atoms with van der Waals surface area (Å²) in [5, 5.41) is 7.32. The molecule has 0 radical (unpaired) electrons. The SMILES string of the molecule is CC#N.Cc1ncc(Br)c2c1CC=C2.Cc1ncc(Br)c2c1CC=C2F. The minimum absolute atomic E-state index is 0.137. The third-order valence-corrected chi connectivity index (χ3v) is 5.30. The van der Waals surface area contributed by atoms with Crippen LogP contribution in [0, 0.1) is 25.2 Å². The summed E-state index contributed by atoms with van der Waals surface area (Å²) in [5.74, 6) is -0.137. The molecule has 0 aromatic carbocycles. The number of hydrogen-bond donors (Lipinski definition) is 0. The van der Waals surface area contributed by atoms with Crippen molar-refractivity contribution < 1.29 is 4.39 Å². The van der Waals surface area contributed by atoms with Gasteiger partial charge in [-0.3, -0.25) is 9.97 Å². The lowest BCUT2D eigenvalue weighted by molar-refractivity contribution is 0.761. The smallest absolute Gasteiger partial charge is 0.128 e. The first-order chi connectivity index (χ1) is 12.4. The lowest BCUT2D eigenvalue weighted by Gasteiger charge is -2.04. The topological polar surface area (TPSA) is 49.6 Å². The van der Waals surface area contributed by atoms with E-state index in [1.165, 1.54) is 18.1 Å². The maximum atomic E-state index is 13.2. The fourth-order valence-electron chi connectivity index (χ4n) is 2.80. The van der Waals surface area contributed by atoms with E-state index in [0.29, 0.717) is 12.0 Å². The normalized spacial score (nSPS) is 12.7. The van der Waals surface area contributed by atoms with E-state index >= 15 is 0 Å². The predicted octanol–water partition coefficient (Wildman–Crippen LogP) is 6.27. The van der Waals surface area contributed by atoms with Gasteiger partial charge in [0.1, 0.15) is 5.83 Å². The molecule has 2 aromatic rings. The molecular formula is C20H18Br2FN3. The molecule has 0 aliphatic heterocycles. The zero-order chi connectivity index (χ0) is 19.3. The third kappa shape index (κ3) is 4.46. The van der Waals surface area contributed by atoms with Crippen molar-refractivity contribution in [1.29, 1.82) is 5.26 Å². The van der Waals surface area contributed by atoms with Gasteiger partial charge in [0.2, 0.25) is 0 Å². The van der Waals surface area contributed by atoms with Crippen molar-refractivity contribution in [3.8, 4) is 6.07 Å². The van der Waals surface area contributed by atoms with E-state index in [1.54, 1.807) is 18.3 Å². The van der Waals surface area contributed by atoms with Crippen LogP contribution in [0.3, 0.4) is 0 Å². The van der Waals surface area contributed by atoms with Crippen molar-refractivity contribution in [2.45, 2.75) is 33.6 Å². The number of allylic oxidation sites excluding steroid dienone is 2. The third-order valence-electron chi connectivity index (χ3n) is 4.07. The Morgan fingerprint density at radius 3 is 2.19 bits per heavy atom. The van der Waals surface area contributed by atoms with E-state index in [1.807, 2.05) is 13.1 Å². The van der Waals surface area contributed by atoms with Gasteiger partial charge >= 0.3 is 0 Å². The van der Waals surface area contributed by atoms with Crippen LogP contribution in [-0.4, -0.2) is 9.97 Å². The van der Waals surface area contributed by atoms with Gasteiger partial charge in [0.25, 0.3) is 0 Å². The number of hydrogen-bond acceptors (Lipinski definition) is 3. The monoisotopic (exact) mass is 477 g/mol. The Kier molecular flexibility index (Phi) is 7.24. The van der Waals surface area contributed by atoms with Crippen LogP contribution in [0.5, 0.6) is 0 Å². The van der Waals surface area contributed by atoms with E-state index in [0.717, 1.165) is 32.3 Å². The van der Waals surface area contributed by atoms with Gasteiger partial charge in [-0.1, -0.05) is 12.2 Å². The van der Waals surface area contributed by atoms with Gasteiger partial charge in [-0.25, -0.2) is 4.39 Å². The molecule has 0 atom stereocenters. The molecule has 0 fully saturated rings. The van der Waals surface area contributed by atoms with Crippen molar-refractivity contribution in [3.05, 3.63) is 67.1 Å². The van der Waals surface area contributed by atoms with Crippen LogP contribution in [0.2, 0.25) is 0 Å². The number of nitriles is 1. The van der Waals surface area contributed by atoms with Gasteiger partial charge in [-0.2, -0.15) is 5.26 Å². The number of rotatable bonds is 0. The summed E-state index contributed by atoms with van der Waals surface area (Å²) in [6.07, 6.45) is 11.1. The van der Waals surface area contributed by atoms with Crippen molar-refractivity contribution in [2.75, 3.05) is 0 Å². The fraction of sp³-hybridized carbons (Fsp3) is 0.250. The predicted molar refractivity (Wildman–Crippen MR) is 110 cm³/mol. The molecule has 0 N–H and O–H groups in total. The second-order valence-electron chi connectivity index (χ2n) is 5.72. The molecule has 0 saturated heterocycles. The number of aromatic nitrogens is 2. The van der Waals surface area contributed by atoms with Gasteiger partial charge in [0.15, 0.2) is 0 Å². The molecule has 0 saturated carbocycles. The summed E-state index contributed by atoms with van der Waals surface area (Å²) < 4.78 is 15.0. The Morgan fingerprint density at radius 1 is 1.04 bits per heavy atom. The molecule has 0 bridgehead atoms. The molecular weight excluding hydrogens is 461 g/mol. The summed E-state index contributed by atoms with van der Waals surface area (Å²) in [7, 11) is 0. The van der Waals surface area contributed by atoms with Gasteiger partial charge in [0.05, 0.1) is 6.07 Å². The quantitative estimate of drug-likeness (QED) is 0.448. The maximum absolute atomic E-state index is 13.2. The highest BCUT2D eigenvalue weighted by Gasteiger charge is 2.19. The van der Waals surface area contributed by atoms with Gasteiger partial charge < -0.3 is 0 Å². The van der Waals surface area contributed by atoms with Crippen molar-refractivity contribution >= 4 is 43.8 Å². The minimum Gasteiger partial charge on any atom is -0.260 e. The highest BCUT2D eigenvalue weighted by molar-refractivity contribution is 9.10. The van der Waals surface area contributed by atoms with Gasteiger partial charge in [-0.05, 0) is 81.3 Å². The second-order valence-corrected chi connectivity index (χ2v) is 7.42. The highest BCUT2D eigenvalue weighted by Crippen LogP contribution is 2.35. The van der Waals surface area contributed by atoms with Crippen molar-refractivity contribution in [2.24, 2.45) is 0 Å². The van der Waals surface area contributed by atoms with Crippen LogP contribution in [0.1, 0.15) is 40.6 Å². The summed E-state index contributed by atoms with van der Waals surface area (Å²) in [6, 6.07) is 1.75. The molecule has 134 valence electrons. The Balaban J connectivity index is 0.000000163. The standard InChI is InChI=1S/C9H7BrFN.C9H8BrN.C2H3N/c1-5-6-2-3-8(11)9(6)7(10)4-12-5;1-6-7-3-2-4-8(7)9(10)5-11-6;1-2-3/h3-4H,2H2,1H3;2,4-5H,3H2,1H3;1H3. The van der Waals surface area contributed by atoms with Gasteiger partial charge in [-0.15, -0.1) is 0 Å². The Morgan fingerprint density at radius 2 is 1.62 bits per heavy atom. The van der Waals surface area contributed by atoms with Crippen LogP contribution >= 0.6 is 31.9 Å². The zero-order valence-electron chi connectivity index (χ0n) is 14.8. The van der Waals surface area contributed by atoms with Crippen molar-refractivity contribution in [1.82, 2.24) is 9.97 Å². The average molecular weight is 479 g/mol. The molecule has 0 unspecified atom stereocenters. The molecule has 3 nitrogen and oxygen atoms in total. The van der Waals surface area contributed by atoms with E-state index in [4.69, 9.17) is 5.26 Å². The first kappa shape index (κ1) is 20.5. The Bertz CT molecular complexity index is 928. The zero-order valence-corrected chi connectivity index (χ0v) is 17.9. The van der Waals surface area contributed by atoms with Crippen LogP contribution in [0.15, 0.2) is 33.5 Å². The molecule has 2 aliphatic carbocycles. The average Bonchev–Trinajstić information content (AvgIpc) is 3.24. The Labute approximate surface area is 169 Å². The first-order valence-electron chi connectivity index (χ1n) is 8.02. The molecule has 2 aromatic heterocycles. The highest BCUT2D eigenvalue weighted by atomic mass is 79.9. The number of halogens is 3. The number of aryl methyl sites for hydroxylation is 2. The minimum atomic E-state index is -0.137. The van der Waals surface area contributed by atoms with Crippen molar-refractivity contribution in [3.63, 3.8) is 0 Å². The molecule has 26 heavy (non-hydrogen) atoms. The summed E-state index contributed by atoms with van der Waals surface area (Å²) in [4.78, 5) is 8.40. The molecule has 2 heterocycles. The van der Waals surface area contributed by atoms with Gasteiger partial charge in [0, 0.05) is 45.2 Å². The summed E-state index contributed by atoms with van der Waals surface area (Å²) in [6.45, 7) is 5.38. The van der Waals surface area contributed by atoms with Crippen LogP contribution < -0.4 is 0 Å². The maximum Gasteiger partial charge on any atom is 0.128 e. The lowest BCUT2D eigenvalue weighted by atomic mass is 10.1.